The summed E-state index contributed by atoms with van der Waals surface area (Å²) in [5.41, 5.74) is 6.53. The van der Waals surface area contributed by atoms with E-state index in [1.54, 1.807) is 0 Å². The minimum absolute atomic E-state index is 0.430. The predicted molar refractivity (Wildman–Crippen MR) is 73.5 cm³/mol. The van der Waals surface area contributed by atoms with Gasteiger partial charge < -0.3 is 10.5 Å². The van der Waals surface area contributed by atoms with Crippen LogP contribution in [-0.2, 0) is 4.74 Å². The summed E-state index contributed by atoms with van der Waals surface area (Å²) in [5, 5.41) is 0. The van der Waals surface area contributed by atoms with E-state index in [4.69, 9.17) is 10.5 Å². The Labute approximate surface area is 111 Å². The van der Waals surface area contributed by atoms with Crippen LogP contribution in [0.3, 0.4) is 0 Å². The molecule has 0 spiro atoms. The molecule has 2 saturated carbocycles. The summed E-state index contributed by atoms with van der Waals surface area (Å²) in [6, 6.07) is 0.691. The maximum atomic E-state index is 6.10. The van der Waals surface area contributed by atoms with Gasteiger partial charge in [0.15, 0.2) is 0 Å². The van der Waals surface area contributed by atoms with E-state index >= 15 is 0 Å². The van der Waals surface area contributed by atoms with Crippen LogP contribution in [-0.4, -0.2) is 43.3 Å². The molecule has 2 unspecified atom stereocenters. The maximum absolute atomic E-state index is 6.10. The van der Waals surface area contributed by atoms with Crippen molar-refractivity contribution >= 4 is 0 Å². The van der Waals surface area contributed by atoms with Gasteiger partial charge in [0.25, 0.3) is 0 Å². The number of ether oxygens (including phenoxy) is 1. The predicted octanol–water partition coefficient (Wildman–Crippen LogP) is 2.15. The van der Waals surface area contributed by atoms with Crippen LogP contribution in [0.4, 0.5) is 0 Å². The zero-order valence-corrected chi connectivity index (χ0v) is 11.6. The first-order valence-electron chi connectivity index (χ1n) is 7.89. The molecular weight excluding hydrogens is 224 g/mol. The van der Waals surface area contributed by atoms with E-state index in [-0.39, 0.29) is 0 Å². The van der Waals surface area contributed by atoms with Crippen LogP contribution in [0.1, 0.15) is 51.4 Å². The average molecular weight is 252 g/mol. The highest BCUT2D eigenvalue weighted by atomic mass is 16.5. The number of morpholine rings is 1. The molecule has 0 aromatic heterocycles. The topological polar surface area (TPSA) is 38.5 Å². The highest BCUT2D eigenvalue weighted by Gasteiger charge is 2.40. The second-order valence-corrected chi connectivity index (χ2v) is 6.64. The van der Waals surface area contributed by atoms with Crippen molar-refractivity contribution in [2.45, 2.75) is 63.5 Å². The SMILES string of the molecule is NCC1(CN2CCOC3CCCCC32)CCCC1. The lowest BCUT2D eigenvalue weighted by Crippen LogP contribution is -2.56. The highest BCUT2D eigenvalue weighted by molar-refractivity contribution is 4.94. The third-order valence-electron chi connectivity index (χ3n) is 5.48. The zero-order chi connectivity index (χ0) is 12.4. The van der Waals surface area contributed by atoms with Gasteiger partial charge in [0.1, 0.15) is 0 Å². The summed E-state index contributed by atoms with van der Waals surface area (Å²) >= 11 is 0. The molecule has 1 aliphatic heterocycles. The summed E-state index contributed by atoms with van der Waals surface area (Å²) in [6.45, 7) is 4.17. The average Bonchev–Trinajstić information content (AvgIpc) is 2.88. The van der Waals surface area contributed by atoms with E-state index in [1.165, 1.54) is 57.9 Å². The zero-order valence-electron chi connectivity index (χ0n) is 11.6. The molecule has 1 heterocycles. The van der Waals surface area contributed by atoms with Gasteiger partial charge in [0.05, 0.1) is 12.7 Å². The minimum atomic E-state index is 0.430. The van der Waals surface area contributed by atoms with Crippen molar-refractivity contribution in [1.29, 1.82) is 0 Å². The lowest BCUT2D eigenvalue weighted by atomic mass is 9.83. The van der Waals surface area contributed by atoms with E-state index in [9.17, 15) is 0 Å². The lowest BCUT2D eigenvalue weighted by Gasteiger charge is -2.47. The number of rotatable bonds is 3. The summed E-state index contributed by atoms with van der Waals surface area (Å²) in [7, 11) is 0. The maximum Gasteiger partial charge on any atom is 0.0730 e. The number of nitrogens with two attached hydrogens (primary N) is 1. The first-order valence-corrected chi connectivity index (χ1v) is 7.89. The van der Waals surface area contributed by atoms with Crippen molar-refractivity contribution in [1.82, 2.24) is 4.90 Å². The van der Waals surface area contributed by atoms with Gasteiger partial charge in [-0.05, 0) is 37.6 Å². The molecule has 2 N–H and O–H groups in total. The first-order chi connectivity index (χ1) is 8.83. The van der Waals surface area contributed by atoms with Gasteiger partial charge in [-0.2, -0.15) is 0 Å². The molecule has 1 saturated heterocycles. The van der Waals surface area contributed by atoms with Gasteiger partial charge in [-0.25, -0.2) is 0 Å². The minimum Gasteiger partial charge on any atom is -0.375 e. The fraction of sp³-hybridized carbons (Fsp3) is 1.00. The van der Waals surface area contributed by atoms with Gasteiger partial charge in [0.2, 0.25) is 0 Å². The van der Waals surface area contributed by atoms with E-state index in [0.717, 1.165) is 19.7 Å². The van der Waals surface area contributed by atoms with Gasteiger partial charge in [0, 0.05) is 19.1 Å². The van der Waals surface area contributed by atoms with Gasteiger partial charge in [-0.15, -0.1) is 0 Å². The second kappa shape index (κ2) is 5.48. The van der Waals surface area contributed by atoms with Crippen molar-refractivity contribution in [2.24, 2.45) is 11.1 Å². The summed E-state index contributed by atoms with van der Waals surface area (Å²) in [4.78, 5) is 2.73. The number of hydrogen-bond donors (Lipinski definition) is 1. The molecule has 104 valence electrons. The fourth-order valence-corrected chi connectivity index (χ4v) is 4.36. The number of nitrogens with zero attached hydrogens (tertiary/aromatic N) is 1. The molecule has 0 bridgehead atoms. The molecule has 3 heteroatoms. The van der Waals surface area contributed by atoms with E-state index in [0.29, 0.717) is 17.6 Å². The summed E-state index contributed by atoms with van der Waals surface area (Å²) < 4.78 is 5.97. The highest BCUT2D eigenvalue weighted by Crippen LogP contribution is 2.40. The largest absolute Gasteiger partial charge is 0.375 e. The molecular formula is C15H28N2O. The molecule has 3 nitrogen and oxygen atoms in total. The Balaban J connectivity index is 1.66. The van der Waals surface area contributed by atoms with Gasteiger partial charge >= 0.3 is 0 Å². The summed E-state index contributed by atoms with van der Waals surface area (Å²) in [5.74, 6) is 0. The monoisotopic (exact) mass is 252 g/mol. The Bertz CT molecular complexity index is 274. The normalized spacial score (nSPS) is 36.5. The van der Waals surface area contributed by atoms with Gasteiger partial charge in [-0.1, -0.05) is 25.7 Å². The quantitative estimate of drug-likeness (QED) is 0.836. The molecule has 0 aromatic carbocycles. The van der Waals surface area contributed by atoms with Crippen molar-refractivity contribution < 1.29 is 4.74 Å². The molecule has 2 atom stereocenters. The van der Waals surface area contributed by atoms with Gasteiger partial charge in [-0.3, -0.25) is 4.90 Å². The Morgan fingerprint density at radius 3 is 2.67 bits per heavy atom. The van der Waals surface area contributed by atoms with Crippen molar-refractivity contribution in [3.8, 4) is 0 Å². The molecule has 3 rings (SSSR count). The molecule has 18 heavy (non-hydrogen) atoms. The van der Waals surface area contributed by atoms with E-state index in [1.807, 2.05) is 0 Å². The van der Waals surface area contributed by atoms with E-state index < -0.39 is 0 Å². The van der Waals surface area contributed by atoms with Crippen LogP contribution in [0.15, 0.2) is 0 Å². The number of hydrogen-bond acceptors (Lipinski definition) is 3. The molecule has 3 fully saturated rings. The molecule has 2 aliphatic carbocycles. The van der Waals surface area contributed by atoms with Crippen molar-refractivity contribution in [3.05, 3.63) is 0 Å². The number of fused-ring (bicyclic) bond motifs is 1. The van der Waals surface area contributed by atoms with Crippen molar-refractivity contribution in [2.75, 3.05) is 26.2 Å². The first kappa shape index (κ1) is 12.9. The molecule has 0 amide bonds. The Hall–Kier alpha value is -0.120. The van der Waals surface area contributed by atoms with Crippen LogP contribution in [0.2, 0.25) is 0 Å². The third-order valence-corrected chi connectivity index (χ3v) is 5.48. The summed E-state index contributed by atoms with van der Waals surface area (Å²) in [6.07, 6.45) is 11.3. The Morgan fingerprint density at radius 2 is 1.89 bits per heavy atom. The molecule has 3 aliphatic rings. The smallest absolute Gasteiger partial charge is 0.0730 e. The van der Waals surface area contributed by atoms with Crippen LogP contribution in [0, 0.1) is 5.41 Å². The third kappa shape index (κ3) is 2.45. The Kier molecular flexibility index (Phi) is 3.92. The van der Waals surface area contributed by atoms with Crippen LogP contribution < -0.4 is 5.73 Å². The standard InChI is InChI=1S/C15H28N2O/c16-11-15(7-3-4-8-15)12-17-9-10-18-14-6-2-1-5-13(14)17/h13-14H,1-12,16H2. The van der Waals surface area contributed by atoms with Crippen LogP contribution in [0.5, 0.6) is 0 Å². The second-order valence-electron chi connectivity index (χ2n) is 6.64. The van der Waals surface area contributed by atoms with Crippen LogP contribution in [0.25, 0.3) is 0 Å². The van der Waals surface area contributed by atoms with E-state index in [2.05, 4.69) is 4.90 Å². The molecule has 0 aromatic rings. The Morgan fingerprint density at radius 1 is 1.11 bits per heavy atom. The fourth-order valence-electron chi connectivity index (χ4n) is 4.36. The lowest BCUT2D eigenvalue weighted by molar-refractivity contribution is -0.0980. The van der Waals surface area contributed by atoms with Crippen molar-refractivity contribution in [3.63, 3.8) is 0 Å². The molecule has 0 radical (unpaired) electrons. The van der Waals surface area contributed by atoms with Crippen LogP contribution >= 0.6 is 0 Å².